The molecule has 0 atom stereocenters. The SMILES string of the molecule is Cc1ccc(S(=O)(=O)Oc2nn(CC(=O)N3CCCc4c3ccc3c4OC(F)(F)O3)c(=O)c3nc[nH]c23)cc1. The average molecular weight is 560 g/mol. The monoisotopic (exact) mass is 559 g/mol. The van der Waals surface area contributed by atoms with Crippen LogP contribution in [0.25, 0.3) is 11.0 Å². The molecule has 0 saturated carbocycles. The Hall–Kier alpha value is -4.53. The van der Waals surface area contributed by atoms with Crippen molar-refractivity contribution in [1.29, 1.82) is 0 Å². The normalized spacial score (nSPS) is 15.8. The summed E-state index contributed by atoms with van der Waals surface area (Å²) in [6.45, 7) is 1.43. The molecule has 202 valence electrons. The Labute approximate surface area is 218 Å². The number of rotatable bonds is 5. The molecule has 12 nitrogen and oxygen atoms in total. The number of aromatic nitrogens is 4. The van der Waals surface area contributed by atoms with E-state index in [9.17, 15) is 26.8 Å². The number of nitrogens with zero attached hydrogens (tertiary/aromatic N) is 4. The maximum Gasteiger partial charge on any atom is 0.586 e. The molecule has 15 heteroatoms. The van der Waals surface area contributed by atoms with Gasteiger partial charge in [-0.2, -0.15) is 8.42 Å². The number of hydrogen-bond donors (Lipinski definition) is 1. The highest BCUT2D eigenvalue weighted by molar-refractivity contribution is 7.87. The van der Waals surface area contributed by atoms with E-state index in [-0.39, 0.29) is 34.0 Å². The summed E-state index contributed by atoms with van der Waals surface area (Å²) in [6, 6.07) is 8.67. The summed E-state index contributed by atoms with van der Waals surface area (Å²) in [7, 11) is -4.34. The van der Waals surface area contributed by atoms with E-state index in [0.717, 1.165) is 10.2 Å². The van der Waals surface area contributed by atoms with E-state index >= 15 is 0 Å². The van der Waals surface area contributed by atoms with Crippen molar-refractivity contribution >= 4 is 32.7 Å². The van der Waals surface area contributed by atoms with Gasteiger partial charge in [-0.25, -0.2) is 9.67 Å². The van der Waals surface area contributed by atoms with E-state index in [2.05, 4.69) is 24.5 Å². The summed E-state index contributed by atoms with van der Waals surface area (Å²) in [5.74, 6) is -1.34. The molecule has 39 heavy (non-hydrogen) atoms. The third-order valence-corrected chi connectivity index (χ3v) is 7.56. The summed E-state index contributed by atoms with van der Waals surface area (Å²) in [6.07, 6.45) is -1.83. The maximum atomic E-state index is 13.6. The zero-order chi connectivity index (χ0) is 27.5. The van der Waals surface area contributed by atoms with Crippen LogP contribution >= 0.6 is 0 Å². The quantitative estimate of drug-likeness (QED) is 0.365. The molecule has 2 aromatic carbocycles. The largest absolute Gasteiger partial charge is 0.586 e. The molecule has 2 aliphatic heterocycles. The van der Waals surface area contributed by atoms with Gasteiger partial charge in [0.1, 0.15) is 17.0 Å². The number of carbonyl (C=O) groups excluding carboxylic acids is 1. The van der Waals surface area contributed by atoms with Crippen LogP contribution in [0.3, 0.4) is 0 Å². The molecule has 1 N–H and O–H groups in total. The van der Waals surface area contributed by atoms with Gasteiger partial charge in [-0.05, 0) is 44.0 Å². The van der Waals surface area contributed by atoms with Gasteiger partial charge in [-0.1, -0.05) is 17.7 Å². The Morgan fingerprint density at radius 1 is 1.18 bits per heavy atom. The molecule has 1 amide bonds. The first kappa shape index (κ1) is 24.8. The first-order chi connectivity index (χ1) is 18.5. The first-order valence-corrected chi connectivity index (χ1v) is 13.1. The number of alkyl halides is 2. The Morgan fingerprint density at radius 3 is 2.72 bits per heavy atom. The lowest BCUT2D eigenvalue weighted by atomic mass is 10.00. The molecule has 0 unspecified atom stereocenters. The fourth-order valence-corrected chi connectivity index (χ4v) is 5.42. The number of hydrogen-bond acceptors (Lipinski definition) is 9. The predicted molar refractivity (Wildman–Crippen MR) is 130 cm³/mol. The number of fused-ring (bicyclic) bond motifs is 4. The number of benzene rings is 2. The van der Waals surface area contributed by atoms with Gasteiger partial charge >= 0.3 is 16.4 Å². The summed E-state index contributed by atoms with van der Waals surface area (Å²) >= 11 is 0. The molecule has 0 radical (unpaired) electrons. The van der Waals surface area contributed by atoms with Gasteiger partial charge in [0.2, 0.25) is 5.91 Å². The second kappa shape index (κ2) is 8.76. The van der Waals surface area contributed by atoms with Crippen molar-refractivity contribution in [3.63, 3.8) is 0 Å². The molecule has 0 saturated heterocycles. The van der Waals surface area contributed by atoms with Gasteiger partial charge in [0.05, 0.1) is 12.0 Å². The van der Waals surface area contributed by atoms with Crippen molar-refractivity contribution in [1.82, 2.24) is 19.7 Å². The Balaban J connectivity index is 1.33. The van der Waals surface area contributed by atoms with E-state index in [0.29, 0.717) is 24.1 Å². The van der Waals surface area contributed by atoms with E-state index in [4.69, 9.17) is 4.18 Å². The van der Waals surface area contributed by atoms with Crippen LogP contribution in [0.4, 0.5) is 14.5 Å². The van der Waals surface area contributed by atoms with Gasteiger partial charge in [0, 0.05) is 12.1 Å². The minimum atomic E-state index is -4.34. The highest BCUT2D eigenvalue weighted by atomic mass is 32.2. The van der Waals surface area contributed by atoms with Crippen LogP contribution in [0, 0.1) is 6.92 Å². The number of aryl methyl sites for hydroxylation is 1. The number of halogens is 2. The number of amides is 1. The predicted octanol–water partition coefficient (Wildman–Crippen LogP) is 2.50. The molecular weight excluding hydrogens is 540 g/mol. The van der Waals surface area contributed by atoms with Crippen molar-refractivity contribution in [2.75, 3.05) is 11.4 Å². The molecule has 2 aromatic heterocycles. The number of ether oxygens (including phenoxy) is 2. The van der Waals surface area contributed by atoms with Crippen molar-refractivity contribution < 1.29 is 35.6 Å². The Kier molecular flexibility index (Phi) is 5.57. The number of anilines is 1. The third-order valence-electron chi connectivity index (χ3n) is 6.33. The molecular formula is C24H19F2N5O7S. The van der Waals surface area contributed by atoms with Gasteiger partial charge in [0.15, 0.2) is 17.0 Å². The second-order valence-electron chi connectivity index (χ2n) is 8.95. The minimum Gasteiger partial charge on any atom is -0.395 e. The highest BCUT2D eigenvalue weighted by Gasteiger charge is 2.45. The van der Waals surface area contributed by atoms with Gasteiger partial charge in [-0.3, -0.25) is 9.59 Å². The lowest BCUT2D eigenvalue weighted by molar-refractivity contribution is -0.286. The van der Waals surface area contributed by atoms with Crippen LogP contribution in [-0.4, -0.2) is 46.9 Å². The van der Waals surface area contributed by atoms with Crippen LogP contribution in [0.5, 0.6) is 17.4 Å². The minimum absolute atomic E-state index is 0.0589. The average Bonchev–Trinajstić information content (AvgIpc) is 3.50. The number of imidazole rings is 1. The van der Waals surface area contributed by atoms with E-state index in [1.165, 1.54) is 35.5 Å². The molecule has 0 aliphatic carbocycles. The van der Waals surface area contributed by atoms with Crippen LogP contribution in [0.15, 0.2) is 52.4 Å². The second-order valence-corrected chi connectivity index (χ2v) is 10.5. The van der Waals surface area contributed by atoms with Crippen LogP contribution in [0.2, 0.25) is 0 Å². The van der Waals surface area contributed by atoms with Crippen molar-refractivity contribution in [3.05, 3.63) is 64.2 Å². The van der Waals surface area contributed by atoms with E-state index in [1.807, 2.05) is 0 Å². The maximum absolute atomic E-state index is 13.6. The fourth-order valence-electron chi connectivity index (χ4n) is 4.53. The Morgan fingerprint density at radius 2 is 1.95 bits per heavy atom. The van der Waals surface area contributed by atoms with Crippen LogP contribution in [0.1, 0.15) is 17.5 Å². The summed E-state index contributed by atoms with van der Waals surface area (Å²) in [5.41, 5.74) is 0.543. The molecule has 4 aromatic rings. The summed E-state index contributed by atoms with van der Waals surface area (Å²) < 4.78 is 68.2. The molecule has 0 fully saturated rings. The zero-order valence-electron chi connectivity index (χ0n) is 20.2. The highest BCUT2D eigenvalue weighted by Crippen LogP contribution is 2.48. The van der Waals surface area contributed by atoms with Crippen molar-refractivity contribution in [2.24, 2.45) is 0 Å². The fraction of sp³-hybridized carbons (Fsp3) is 0.250. The molecule has 4 heterocycles. The topological polar surface area (TPSA) is 146 Å². The van der Waals surface area contributed by atoms with E-state index < -0.39 is 40.3 Å². The third kappa shape index (κ3) is 4.33. The van der Waals surface area contributed by atoms with Crippen molar-refractivity contribution in [3.8, 4) is 17.4 Å². The summed E-state index contributed by atoms with van der Waals surface area (Å²) in [4.78, 5) is 34.1. The van der Waals surface area contributed by atoms with E-state index in [1.54, 1.807) is 19.1 Å². The van der Waals surface area contributed by atoms with Gasteiger partial charge < -0.3 is 23.5 Å². The first-order valence-electron chi connectivity index (χ1n) is 11.7. The summed E-state index contributed by atoms with van der Waals surface area (Å²) in [5, 5.41) is 4.01. The van der Waals surface area contributed by atoms with Gasteiger partial charge in [0.25, 0.3) is 11.4 Å². The van der Waals surface area contributed by atoms with Gasteiger partial charge in [-0.15, -0.1) is 13.9 Å². The van der Waals surface area contributed by atoms with Crippen molar-refractivity contribution in [2.45, 2.75) is 37.5 Å². The van der Waals surface area contributed by atoms with Crippen LogP contribution in [-0.2, 0) is 27.9 Å². The van der Waals surface area contributed by atoms with Crippen LogP contribution < -0.4 is 24.1 Å². The standard InChI is InChI=1S/C24H19F2N5O7S/c1-13-4-6-14(7-5-13)39(34,35)38-22-19-20(28-12-27-19)23(33)31(29-22)11-18(32)30-10-2-3-15-16(30)8-9-17-21(15)37-24(25,26)36-17/h4-9,12H,2-3,10-11H2,1H3,(H,27,28). The molecule has 6 rings (SSSR count). The number of H-pyrrole nitrogens is 1. The lowest BCUT2D eigenvalue weighted by Gasteiger charge is -2.30. The molecule has 0 bridgehead atoms. The smallest absolute Gasteiger partial charge is 0.395 e. The lowest BCUT2D eigenvalue weighted by Crippen LogP contribution is -2.40. The Bertz CT molecular complexity index is 1800. The molecule has 0 spiro atoms. The number of aromatic amines is 1. The number of nitrogens with one attached hydrogen (secondary N) is 1. The zero-order valence-corrected chi connectivity index (χ0v) is 21.0. The molecule has 2 aliphatic rings. The number of carbonyl (C=O) groups is 1.